The van der Waals surface area contributed by atoms with Gasteiger partial charge in [-0.25, -0.2) is 8.42 Å². The molecule has 1 aromatic rings. The lowest BCUT2D eigenvalue weighted by Crippen LogP contribution is -2.38. The molecule has 0 saturated heterocycles. The smallest absolute Gasteiger partial charge is 0.268 e. The molecule has 0 saturated carbocycles. The van der Waals surface area contributed by atoms with E-state index < -0.39 is 15.9 Å². The van der Waals surface area contributed by atoms with Crippen molar-refractivity contribution in [3.05, 3.63) is 23.0 Å². The van der Waals surface area contributed by atoms with Crippen molar-refractivity contribution in [1.29, 1.82) is 0 Å². The predicted molar refractivity (Wildman–Crippen MR) is 67.1 cm³/mol. The third kappa shape index (κ3) is 4.40. The second kappa shape index (κ2) is 5.10. The summed E-state index contributed by atoms with van der Waals surface area (Å²) in [4.78, 5) is 11.8. The number of amides is 1. The van der Waals surface area contributed by atoms with E-state index in [1.165, 1.54) is 6.07 Å². The highest BCUT2D eigenvalue weighted by atomic mass is 35.5. The van der Waals surface area contributed by atoms with Crippen LogP contribution < -0.4 is 5.32 Å². The number of sulfone groups is 1. The molecule has 0 aliphatic heterocycles. The van der Waals surface area contributed by atoms with Crippen molar-refractivity contribution >= 4 is 27.3 Å². The van der Waals surface area contributed by atoms with Crippen LogP contribution in [0.4, 0.5) is 0 Å². The molecule has 1 heterocycles. The Bertz CT molecular complexity index is 522. The van der Waals surface area contributed by atoms with Crippen molar-refractivity contribution in [2.45, 2.75) is 13.0 Å². The lowest BCUT2D eigenvalue weighted by Gasteiger charge is -2.12. The Morgan fingerprint density at radius 1 is 1.59 bits per heavy atom. The van der Waals surface area contributed by atoms with Gasteiger partial charge in [0.15, 0.2) is 0 Å². The molecule has 0 bridgehead atoms. The minimum Gasteiger partial charge on any atom is -0.347 e. The number of hydrogen-bond donors (Lipinski definition) is 1. The molecule has 1 aromatic heterocycles. The average molecular weight is 279 g/mol. The molecule has 0 aliphatic rings. The van der Waals surface area contributed by atoms with Gasteiger partial charge in [0.25, 0.3) is 5.91 Å². The van der Waals surface area contributed by atoms with Crippen LogP contribution in [0.2, 0.25) is 5.02 Å². The molecular weight excluding hydrogens is 264 g/mol. The Morgan fingerprint density at radius 3 is 2.59 bits per heavy atom. The van der Waals surface area contributed by atoms with E-state index in [4.69, 9.17) is 11.6 Å². The summed E-state index contributed by atoms with van der Waals surface area (Å²) in [5, 5.41) is 3.08. The first-order valence-corrected chi connectivity index (χ1v) is 7.43. The Labute approximate surface area is 106 Å². The molecule has 1 atom stereocenters. The van der Waals surface area contributed by atoms with Crippen LogP contribution >= 0.6 is 11.6 Å². The van der Waals surface area contributed by atoms with Gasteiger partial charge in [-0.05, 0) is 13.0 Å². The predicted octanol–water partition coefficient (Wildman–Crippen LogP) is 0.841. The quantitative estimate of drug-likeness (QED) is 0.887. The van der Waals surface area contributed by atoms with E-state index in [9.17, 15) is 13.2 Å². The van der Waals surface area contributed by atoms with E-state index in [1.54, 1.807) is 24.7 Å². The van der Waals surface area contributed by atoms with Crippen LogP contribution in [0.25, 0.3) is 0 Å². The molecule has 1 unspecified atom stereocenters. The second-order valence-corrected chi connectivity index (χ2v) is 6.74. The summed E-state index contributed by atoms with van der Waals surface area (Å²) < 4.78 is 23.7. The summed E-state index contributed by atoms with van der Waals surface area (Å²) in [5.74, 6) is -0.424. The van der Waals surface area contributed by atoms with E-state index in [-0.39, 0.29) is 11.7 Å². The molecule has 17 heavy (non-hydrogen) atoms. The van der Waals surface area contributed by atoms with Gasteiger partial charge in [-0.15, -0.1) is 0 Å². The number of nitrogens with zero attached hydrogens (tertiary/aromatic N) is 1. The summed E-state index contributed by atoms with van der Waals surface area (Å²) in [7, 11) is -1.41. The van der Waals surface area contributed by atoms with E-state index >= 15 is 0 Å². The number of nitrogens with one attached hydrogen (secondary N) is 1. The third-order valence-corrected chi connectivity index (χ3v) is 3.45. The van der Waals surface area contributed by atoms with Gasteiger partial charge in [-0.2, -0.15) is 0 Å². The molecule has 1 rings (SSSR count). The van der Waals surface area contributed by atoms with Crippen LogP contribution in [-0.2, 0) is 16.9 Å². The SMILES string of the molecule is CC(CS(C)(=O)=O)NC(=O)c1cc(Cl)cn1C. The summed E-state index contributed by atoms with van der Waals surface area (Å²) >= 11 is 5.76. The van der Waals surface area contributed by atoms with E-state index in [2.05, 4.69) is 5.32 Å². The maximum Gasteiger partial charge on any atom is 0.268 e. The normalized spacial score (nSPS) is 13.4. The monoisotopic (exact) mass is 278 g/mol. The van der Waals surface area contributed by atoms with Gasteiger partial charge in [0.05, 0.1) is 10.8 Å². The lowest BCUT2D eigenvalue weighted by atomic mass is 10.3. The Hall–Kier alpha value is -1.01. The van der Waals surface area contributed by atoms with Gasteiger partial charge >= 0.3 is 0 Å². The zero-order valence-corrected chi connectivity index (χ0v) is 11.5. The topological polar surface area (TPSA) is 68.2 Å². The van der Waals surface area contributed by atoms with Crippen molar-refractivity contribution in [2.75, 3.05) is 12.0 Å². The van der Waals surface area contributed by atoms with Gasteiger partial charge < -0.3 is 9.88 Å². The van der Waals surface area contributed by atoms with Crippen molar-refractivity contribution in [1.82, 2.24) is 9.88 Å². The first-order chi connectivity index (χ1) is 7.69. The third-order valence-electron chi connectivity index (χ3n) is 2.13. The number of halogens is 1. The van der Waals surface area contributed by atoms with E-state index in [0.717, 1.165) is 6.26 Å². The minimum atomic E-state index is -3.10. The van der Waals surface area contributed by atoms with E-state index in [0.29, 0.717) is 10.7 Å². The number of aromatic nitrogens is 1. The summed E-state index contributed by atoms with van der Waals surface area (Å²) in [6.45, 7) is 1.64. The van der Waals surface area contributed by atoms with E-state index in [1.807, 2.05) is 0 Å². The lowest BCUT2D eigenvalue weighted by molar-refractivity contribution is 0.0935. The average Bonchev–Trinajstić information content (AvgIpc) is 2.41. The molecule has 1 N–H and O–H groups in total. The van der Waals surface area contributed by atoms with Crippen molar-refractivity contribution < 1.29 is 13.2 Å². The maximum atomic E-state index is 11.8. The van der Waals surface area contributed by atoms with Crippen LogP contribution in [0.15, 0.2) is 12.3 Å². The van der Waals surface area contributed by atoms with Crippen LogP contribution in [0.3, 0.4) is 0 Å². The molecule has 0 radical (unpaired) electrons. The molecular formula is C10H15ClN2O3S. The Morgan fingerprint density at radius 2 is 2.18 bits per heavy atom. The van der Waals surface area contributed by atoms with Crippen LogP contribution in [0.5, 0.6) is 0 Å². The zero-order chi connectivity index (χ0) is 13.2. The minimum absolute atomic E-state index is 0.0864. The molecule has 7 heteroatoms. The maximum absolute atomic E-state index is 11.8. The van der Waals surface area contributed by atoms with Crippen molar-refractivity contribution in [3.8, 4) is 0 Å². The molecule has 5 nitrogen and oxygen atoms in total. The summed E-state index contributed by atoms with van der Waals surface area (Å²) in [5.41, 5.74) is 0.398. The van der Waals surface area contributed by atoms with Crippen molar-refractivity contribution in [2.24, 2.45) is 7.05 Å². The highest BCUT2D eigenvalue weighted by Gasteiger charge is 2.16. The Balaban J connectivity index is 2.70. The van der Waals surface area contributed by atoms with Gasteiger partial charge in [0.2, 0.25) is 0 Å². The summed E-state index contributed by atoms with van der Waals surface area (Å²) in [6.07, 6.45) is 2.74. The van der Waals surface area contributed by atoms with Gasteiger partial charge in [0.1, 0.15) is 15.5 Å². The summed E-state index contributed by atoms with van der Waals surface area (Å²) in [6, 6.07) is 1.09. The van der Waals surface area contributed by atoms with Crippen LogP contribution in [0.1, 0.15) is 17.4 Å². The number of rotatable bonds is 4. The zero-order valence-electron chi connectivity index (χ0n) is 9.90. The highest BCUT2D eigenvalue weighted by molar-refractivity contribution is 7.90. The number of carbonyl (C=O) groups excluding carboxylic acids is 1. The van der Waals surface area contributed by atoms with Gasteiger partial charge in [-0.3, -0.25) is 4.79 Å². The van der Waals surface area contributed by atoms with Crippen molar-refractivity contribution in [3.63, 3.8) is 0 Å². The number of aryl methyl sites for hydroxylation is 1. The fourth-order valence-electron chi connectivity index (χ4n) is 1.54. The molecule has 0 fully saturated rings. The molecule has 0 spiro atoms. The molecule has 0 aliphatic carbocycles. The first kappa shape index (κ1) is 14.1. The van der Waals surface area contributed by atoms with Gasteiger partial charge in [0, 0.05) is 25.5 Å². The largest absolute Gasteiger partial charge is 0.347 e. The fraction of sp³-hybridized carbons (Fsp3) is 0.500. The Kier molecular flexibility index (Phi) is 4.21. The second-order valence-electron chi connectivity index (χ2n) is 4.12. The number of carbonyl (C=O) groups is 1. The van der Waals surface area contributed by atoms with Crippen LogP contribution in [0, 0.1) is 0 Å². The van der Waals surface area contributed by atoms with Gasteiger partial charge in [-0.1, -0.05) is 11.6 Å². The molecule has 1 amide bonds. The highest BCUT2D eigenvalue weighted by Crippen LogP contribution is 2.12. The molecule has 0 aromatic carbocycles. The first-order valence-electron chi connectivity index (χ1n) is 4.99. The van der Waals surface area contributed by atoms with Crippen LogP contribution in [-0.4, -0.2) is 36.9 Å². The fourth-order valence-corrected chi connectivity index (χ4v) is 2.78. The number of hydrogen-bond acceptors (Lipinski definition) is 3. The molecule has 96 valence electrons. The standard InChI is InChI=1S/C10H15ClN2O3S/c1-7(6-17(3,15)16)12-10(14)9-4-8(11)5-13(9)2/h4-5,7H,6H2,1-3H3,(H,12,14).